The highest BCUT2D eigenvalue weighted by Crippen LogP contribution is 2.26. The molecule has 0 saturated carbocycles. The van der Waals surface area contributed by atoms with Crippen LogP contribution in [0.1, 0.15) is 29.6 Å². The monoisotopic (exact) mass is 282 g/mol. The summed E-state index contributed by atoms with van der Waals surface area (Å²) in [5.41, 5.74) is 0.379. The SMILES string of the molecule is CNCC1CCCCN1C(=O)c1cc(O)ccc1Cl. The van der Waals surface area contributed by atoms with E-state index in [1.54, 1.807) is 6.07 Å². The van der Waals surface area contributed by atoms with Crippen LogP contribution in [0.4, 0.5) is 0 Å². The van der Waals surface area contributed by atoms with Gasteiger partial charge in [-0.2, -0.15) is 0 Å². The minimum Gasteiger partial charge on any atom is -0.508 e. The highest BCUT2D eigenvalue weighted by atomic mass is 35.5. The number of nitrogens with one attached hydrogen (secondary N) is 1. The van der Waals surface area contributed by atoms with E-state index in [1.807, 2.05) is 11.9 Å². The van der Waals surface area contributed by atoms with Crippen molar-refractivity contribution >= 4 is 17.5 Å². The summed E-state index contributed by atoms with van der Waals surface area (Å²) in [5, 5.41) is 13.0. The smallest absolute Gasteiger partial charge is 0.255 e. The van der Waals surface area contributed by atoms with Crippen LogP contribution in [0.2, 0.25) is 5.02 Å². The molecule has 1 amide bonds. The third kappa shape index (κ3) is 3.19. The van der Waals surface area contributed by atoms with Gasteiger partial charge in [0.2, 0.25) is 0 Å². The van der Waals surface area contributed by atoms with Crippen LogP contribution in [0.25, 0.3) is 0 Å². The Labute approximate surface area is 118 Å². The number of carbonyl (C=O) groups excluding carboxylic acids is 1. The van der Waals surface area contributed by atoms with Gasteiger partial charge in [-0.1, -0.05) is 11.6 Å². The Bertz CT molecular complexity index is 463. The van der Waals surface area contributed by atoms with Crippen molar-refractivity contribution in [1.29, 1.82) is 0 Å². The summed E-state index contributed by atoms with van der Waals surface area (Å²) in [5.74, 6) is -0.0317. The number of amides is 1. The molecule has 2 N–H and O–H groups in total. The molecule has 1 atom stereocenters. The van der Waals surface area contributed by atoms with E-state index in [0.717, 1.165) is 32.4 Å². The molecule has 5 heteroatoms. The first-order chi connectivity index (χ1) is 9.13. The summed E-state index contributed by atoms with van der Waals surface area (Å²) in [6.07, 6.45) is 3.16. The first kappa shape index (κ1) is 14.2. The van der Waals surface area contributed by atoms with Crippen molar-refractivity contribution in [3.63, 3.8) is 0 Å². The second-order valence-corrected chi connectivity index (χ2v) is 5.28. The number of piperidine rings is 1. The second kappa shape index (κ2) is 6.26. The van der Waals surface area contributed by atoms with Crippen molar-refractivity contribution in [3.8, 4) is 5.75 Å². The van der Waals surface area contributed by atoms with Gasteiger partial charge in [-0.25, -0.2) is 0 Å². The number of halogens is 1. The Kier molecular flexibility index (Phi) is 4.66. The molecule has 0 spiro atoms. The molecule has 2 rings (SSSR count). The number of rotatable bonds is 3. The molecule has 0 bridgehead atoms. The van der Waals surface area contributed by atoms with Gasteiger partial charge in [0.15, 0.2) is 0 Å². The van der Waals surface area contributed by atoms with Crippen LogP contribution in [0, 0.1) is 0 Å². The van der Waals surface area contributed by atoms with Gasteiger partial charge in [0, 0.05) is 19.1 Å². The summed E-state index contributed by atoms with van der Waals surface area (Å²) < 4.78 is 0. The van der Waals surface area contributed by atoms with Gasteiger partial charge in [0.25, 0.3) is 5.91 Å². The maximum atomic E-state index is 12.6. The molecule has 1 fully saturated rings. The molecule has 1 aliphatic rings. The Morgan fingerprint density at radius 2 is 2.32 bits per heavy atom. The number of likely N-dealkylation sites (tertiary alicyclic amines) is 1. The summed E-state index contributed by atoms with van der Waals surface area (Å²) >= 11 is 6.06. The molecule has 0 radical (unpaired) electrons. The van der Waals surface area contributed by atoms with E-state index in [1.165, 1.54) is 12.1 Å². The summed E-state index contributed by atoms with van der Waals surface area (Å²) in [6, 6.07) is 4.68. The van der Waals surface area contributed by atoms with Crippen molar-refractivity contribution in [1.82, 2.24) is 10.2 Å². The Balaban J connectivity index is 2.23. The topological polar surface area (TPSA) is 52.6 Å². The van der Waals surface area contributed by atoms with E-state index >= 15 is 0 Å². The lowest BCUT2D eigenvalue weighted by Crippen LogP contribution is -2.48. The number of phenolic OH excluding ortho intramolecular Hbond substituents is 1. The fourth-order valence-electron chi connectivity index (χ4n) is 2.55. The van der Waals surface area contributed by atoms with Gasteiger partial charge in [0.1, 0.15) is 5.75 Å². The lowest BCUT2D eigenvalue weighted by molar-refractivity contribution is 0.0615. The van der Waals surface area contributed by atoms with E-state index < -0.39 is 0 Å². The summed E-state index contributed by atoms with van der Waals surface area (Å²) in [4.78, 5) is 14.4. The zero-order valence-corrected chi connectivity index (χ0v) is 11.8. The van der Waals surface area contributed by atoms with Crippen LogP contribution in [0.15, 0.2) is 18.2 Å². The van der Waals surface area contributed by atoms with Crippen LogP contribution < -0.4 is 5.32 Å². The quantitative estimate of drug-likeness (QED) is 0.894. The van der Waals surface area contributed by atoms with E-state index in [2.05, 4.69) is 5.32 Å². The van der Waals surface area contributed by atoms with Gasteiger partial charge in [-0.05, 0) is 44.5 Å². The molecule has 0 aromatic heterocycles. The molecule has 1 aromatic rings. The zero-order valence-electron chi connectivity index (χ0n) is 11.0. The van der Waals surface area contributed by atoms with E-state index in [9.17, 15) is 9.90 Å². The largest absolute Gasteiger partial charge is 0.508 e. The van der Waals surface area contributed by atoms with E-state index in [0.29, 0.717) is 10.6 Å². The lowest BCUT2D eigenvalue weighted by atomic mass is 10.0. The van der Waals surface area contributed by atoms with Crippen LogP contribution in [0.5, 0.6) is 5.75 Å². The van der Waals surface area contributed by atoms with Gasteiger partial charge >= 0.3 is 0 Å². The average Bonchev–Trinajstić information content (AvgIpc) is 2.42. The number of hydrogen-bond acceptors (Lipinski definition) is 3. The van der Waals surface area contributed by atoms with Crippen LogP contribution in [-0.4, -0.2) is 42.1 Å². The third-order valence-electron chi connectivity index (χ3n) is 3.51. The van der Waals surface area contributed by atoms with Crippen LogP contribution >= 0.6 is 11.6 Å². The molecule has 0 aliphatic carbocycles. The molecule has 1 heterocycles. The molecule has 4 nitrogen and oxygen atoms in total. The number of benzene rings is 1. The number of likely N-dealkylation sites (N-methyl/N-ethyl adjacent to an activating group) is 1. The number of aromatic hydroxyl groups is 1. The van der Waals surface area contributed by atoms with Gasteiger partial charge in [-0.3, -0.25) is 4.79 Å². The fraction of sp³-hybridized carbons (Fsp3) is 0.500. The average molecular weight is 283 g/mol. The molecule has 19 heavy (non-hydrogen) atoms. The normalized spacial score (nSPS) is 19.5. The first-order valence-electron chi connectivity index (χ1n) is 6.57. The van der Waals surface area contributed by atoms with Crippen LogP contribution in [0.3, 0.4) is 0 Å². The predicted octanol–water partition coefficient (Wildman–Crippen LogP) is 2.26. The molecular weight excluding hydrogens is 264 g/mol. The van der Waals surface area contributed by atoms with Gasteiger partial charge < -0.3 is 15.3 Å². The van der Waals surface area contributed by atoms with Crippen molar-refractivity contribution in [2.24, 2.45) is 0 Å². The molecule has 1 aromatic carbocycles. The fourth-order valence-corrected chi connectivity index (χ4v) is 2.75. The number of nitrogens with zero attached hydrogens (tertiary/aromatic N) is 1. The number of phenols is 1. The van der Waals surface area contributed by atoms with Gasteiger partial charge in [0.05, 0.1) is 10.6 Å². The van der Waals surface area contributed by atoms with Crippen molar-refractivity contribution in [2.75, 3.05) is 20.1 Å². The first-order valence-corrected chi connectivity index (χ1v) is 6.95. The Hall–Kier alpha value is -1.26. The van der Waals surface area contributed by atoms with Crippen molar-refractivity contribution in [3.05, 3.63) is 28.8 Å². The summed E-state index contributed by atoms with van der Waals surface area (Å²) in [6.45, 7) is 1.53. The van der Waals surface area contributed by atoms with Crippen LogP contribution in [-0.2, 0) is 0 Å². The zero-order chi connectivity index (χ0) is 13.8. The molecule has 1 saturated heterocycles. The highest BCUT2D eigenvalue weighted by Gasteiger charge is 2.28. The maximum Gasteiger partial charge on any atom is 0.255 e. The standard InChI is InChI=1S/C14H19ClN2O2/c1-16-9-10-4-2-3-7-17(10)14(19)12-8-11(18)5-6-13(12)15/h5-6,8,10,16,18H,2-4,7,9H2,1H3. The molecule has 1 unspecified atom stereocenters. The molecule has 1 aliphatic heterocycles. The molecular formula is C14H19ClN2O2. The minimum absolute atomic E-state index is 0.0647. The Morgan fingerprint density at radius 1 is 1.53 bits per heavy atom. The van der Waals surface area contributed by atoms with E-state index in [-0.39, 0.29) is 17.7 Å². The van der Waals surface area contributed by atoms with Crippen molar-refractivity contribution < 1.29 is 9.90 Å². The lowest BCUT2D eigenvalue weighted by Gasteiger charge is -2.36. The minimum atomic E-state index is -0.0964. The highest BCUT2D eigenvalue weighted by molar-refractivity contribution is 6.33. The number of hydrogen-bond donors (Lipinski definition) is 2. The maximum absolute atomic E-state index is 12.6. The predicted molar refractivity (Wildman–Crippen MR) is 75.7 cm³/mol. The third-order valence-corrected chi connectivity index (χ3v) is 3.84. The second-order valence-electron chi connectivity index (χ2n) is 4.87. The van der Waals surface area contributed by atoms with Gasteiger partial charge in [-0.15, -0.1) is 0 Å². The molecule has 104 valence electrons. The van der Waals surface area contributed by atoms with E-state index in [4.69, 9.17) is 11.6 Å². The summed E-state index contributed by atoms with van der Waals surface area (Å²) in [7, 11) is 1.89. The van der Waals surface area contributed by atoms with Crippen molar-refractivity contribution in [2.45, 2.75) is 25.3 Å². The number of carbonyl (C=O) groups is 1. The Morgan fingerprint density at radius 3 is 3.05 bits per heavy atom.